The van der Waals surface area contributed by atoms with E-state index < -0.39 is 0 Å². The molecule has 1 aromatic rings. The maximum absolute atomic E-state index is 5.96. The Balaban J connectivity index is 2.38. The average molecular weight is 268 g/mol. The van der Waals surface area contributed by atoms with Gasteiger partial charge in [0.15, 0.2) is 0 Å². The zero-order valence-corrected chi connectivity index (χ0v) is 10.2. The molecule has 1 unspecified atom stereocenters. The summed E-state index contributed by atoms with van der Waals surface area (Å²) >= 11 is 11.3. The second-order valence-corrected chi connectivity index (χ2v) is 5.44. The number of halogens is 2. The summed E-state index contributed by atoms with van der Waals surface area (Å²) in [5, 5.41) is 2.98. The first-order valence-electron chi connectivity index (χ1n) is 4.10. The first-order chi connectivity index (χ1) is 5.74. The SMILES string of the molecule is CCC(Br)CCc1sccc1Cl. The Morgan fingerprint density at radius 1 is 1.67 bits per heavy atom. The Labute approximate surface area is 91.1 Å². The molecule has 0 spiro atoms. The summed E-state index contributed by atoms with van der Waals surface area (Å²) in [4.78, 5) is 1.95. The fourth-order valence-corrected chi connectivity index (χ4v) is 2.37. The number of rotatable bonds is 4. The maximum atomic E-state index is 5.96. The van der Waals surface area contributed by atoms with E-state index in [0.717, 1.165) is 11.4 Å². The summed E-state index contributed by atoms with van der Waals surface area (Å²) in [6.07, 6.45) is 3.46. The van der Waals surface area contributed by atoms with Gasteiger partial charge in [-0.15, -0.1) is 11.3 Å². The zero-order chi connectivity index (χ0) is 8.97. The third kappa shape index (κ3) is 3.08. The van der Waals surface area contributed by atoms with Crippen LogP contribution in [0.25, 0.3) is 0 Å². The Morgan fingerprint density at radius 2 is 2.42 bits per heavy atom. The van der Waals surface area contributed by atoms with Crippen LogP contribution in [0, 0.1) is 0 Å². The van der Waals surface area contributed by atoms with Crippen LogP contribution < -0.4 is 0 Å². The van der Waals surface area contributed by atoms with E-state index in [-0.39, 0.29) is 0 Å². The van der Waals surface area contributed by atoms with Gasteiger partial charge in [0, 0.05) is 9.70 Å². The summed E-state index contributed by atoms with van der Waals surface area (Å²) in [6, 6.07) is 1.97. The van der Waals surface area contributed by atoms with Crippen molar-refractivity contribution < 1.29 is 0 Å². The molecule has 68 valence electrons. The minimum atomic E-state index is 0.635. The lowest BCUT2D eigenvalue weighted by Crippen LogP contribution is -1.96. The Bertz CT molecular complexity index is 234. The van der Waals surface area contributed by atoms with Crippen molar-refractivity contribution in [1.82, 2.24) is 0 Å². The van der Waals surface area contributed by atoms with Crippen molar-refractivity contribution in [3.63, 3.8) is 0 Å². The third-order valence-electron chi connectivity index (χ3n) is 1.82. The largest absolute Gasteiger partial charge is 0.147 e. The summed E-state index contributed by atoms with van der Waals surface area (Å²) in [5.74, 6) is 0. The third-order valence-corrected chi connectivity index (χ3v) is 4.37. The van der Waals surface area contributed by atoms with E-state index in [1.807, 2.05) is 11.4 Å². The standard InChI is InChI=1S/C9H12BrClS/c1-2-7(10)3-4-9-8(11)5-6-12-9/h5-7H,2-4H2,1H3. The summed E-state index contributed by atoms with van der Waals surface area (Å²) in [5.41, 5.74) is 0. The average Bonchev–Trinajstić information content (AvgIpc) is 2.47. The van der Waals surface area contributed by atoms with Crippen molar-refractivity contribution in [1.29, 1.82) is 0 Å². The van der Waals surface area contributed by atoms with Gasteiger partial charge in [-0.2, -0.15) is 0 Å². The molecule has 0 aromatic carbocycles. The van der Waals surface area contributed by atoms with Crippen molar-refractivity contribution in [2.75, 3.05) is 0 Å². The number of hydrogen-bond donors (Lipinski definition) is 0. The molecule has 0 N–H and O–H groups in total. The molecule has 0 nitrogen and oxygen atoms in total. The molecule has 0 saturated heterocycles. The smallest absolute Gasteiger partial charge is 0.0544 e. The van der Waals surface area contributed by atoms with E-state index in [1.165, 1.54) is 17.7 Å². The van der Waals surface area contributed by atoms with Gasteiger partial charge in [-0.25, -0.2) is 0 Å². The maximum Gasteiger partial charge on any atom is 0.0544 e. The molecule has 1 aromatic heterocycles. The molecule has 0 aliphatic carbocycles. The number of aryl methyl sites for hydroxylation is 1. The highest BCUT2D eigenvalue weighted by Crippen LogP contribution is 2.25. The fourth-order valence-electron chi connectivity index (χ4n) is 0.995. The first kappa shape index (κ1) is 10.6. The minimum absolute atomic E-state index is 0.635. The van der Waals surface area contributed by atoms with E-state index >= 15 is 0 Å². The van der Waals surface area contributed by atoms with Gasteiger partial charge in [0.05, 0.1) is 5.02 Å². The van der Waals surface area contributed by atoms with E-state index in [1.54, 1.807) is 11.3 Å². The van der Waals surface area contributed by atoms with E-state index in [0.29, 0.717) is 4.83 Å². The van der Waals surface area contributed by atoms with Gasteiger partial charge in [0.2, 0.25) is 0 Å². The molecule has 3 heteroatoms. The van der Waals surface area contributed by atoms with Gasteiger partial charge in [-0.05, 0) is 30.7 Å². The highest BCUT2D eigenvalue weighted by atomic mass is 79.9. The van der Waals surface area contributed by atoms with Crippen LogP contribution in [0.3, 0.4) is 0 Å². The van der Waals surface area contributed by atoms with Crippen molar-refractivity contribution in [3.05, 3.63) is 21.3 Å². The molecule has 0 amide bonds. The Kier molecular flexibility index (Phi) is 4.62. The monoisotopic (exact) mass is 266 g/mol. The minimum Gasteiger partial charge on any atom is -0.147 e. The van der Waals surface area contributed by atoms with Crippen LogP contribution in [0.5, 0.6) is 0 Å². The normalized spacial score (nSPS) is 13.2. The predicted molar refractivity (Wildman–Crippen MR) is 60.7 cm³/mol. The van der Waals surface area contributed by atoms with Gasteiger partial charge in [-0.1, -0.05) is 34.5 Å². The van der Waals surface area contributed by atoms with Crippen LogP contribution in [0.1, 0.15) is 24.6 Å². The second kappa shape index (κ2) is 5.25. The van der Waals surface area contributed by atoms with Crippen molar-refractivity contribution in [2.45, 2.75) is 31.0 Å². The lowest BCUT2D eigenvalue weighted by molar-refractivity contribution is 0.752. The van der Waals surface area contributed by atoms with E-state index in [2.05, 4.69) is 22.9 Å². The van der Waals surface area contributed by atoms with Crippen molar-refractivity contribution in [3.8, 4) is 0 Å². The zero-order valence-electron chi connectivity index (χ0n) is 7.02. The van der Waals surface area contributed by atoms with Crippen LogP contribution >= 0.6 is 38.9 Å². The molecule has 0 aliphatic rings. The molecule has 0 fully saturated rings. The van der Waals surface area contributed by atoms with Crippen molar-refractivity contribution >= 4 is 38.9 Å². The lowest BCUT2D eigenvalue weighted by atomic mass is 10.2. The highest BCUT2D eigenvalue weighted by molar-refractivity contribution is 9.09. The molecule has 1 rings (SSSR count). The van der Waals surface area contributed by atoms with Gasteiger partial charge in [-0.3, -0.25) is 0 Å². The molecule has 12 heavy (non-hydrogen) atoms. The molecular weight excluding hydrogens is 256 g/mol. The van der Waals surface area contributed by atoms with Gasteiger partial charge < -0.3 is 0 Å². The predicted octanol–water partition coefficient (Wildman–Crippen LogP) is 4.51. The number of alkyl halides is 1. The van der Waals surface area contributed by atoms with Gasteiger partial charge in [0.1, 0.15) is 0 Å². The molecule has 0 radical (unpaired) electrons. The van der Waals surface area contributed by atoms with E-state index in [4.69, 9.17) is 11.6 Å². The van der Waals surface area contributed by atoms with Crippen LogP contribution in [-0.4, -0.2) is 4.83 Å². The topological polar surface area (TPSA) is 0 Å². The van der Waals surface area contributed by atoms with Crippen molar-refractivity contribution in [2.24, 2.45) is 0 Å². The molecule has 1 atom stereocenters. The molecular formula is C9H12BrClS. The number of thiophene rings is 1. The van der Waals surface area contributed by atoms with E-state index in [9.17, 15) is 0 Å². The van der Waals surface area contributed by atoms with Crippen LogP contribution in [-0.2, 0) is 6.42 Å². The van der Waals surface area contributed by atoms with Crippen LogP contribution in [0.15, 0.2) is 11.4 Å². The highest BCUT2D eigenvalue weighted by Gasteiger charge is 2.05. The van der Waals surface area contributed by atoms with Crippen LogP contribution in [0.2, 0.25) is 5.02 Å². The Morgan fingerprint density at radius 3 is 2.92 bits per heavy atom. The molecule has 1 heterocycles. The molecule has 0 aliphatic heterocycles. The lowest BCUT2D eigenvalue weighted by Gasteiger charge is -2.04. The fraction of sp³-hybridized carbons (Fsp3) is 0.556. The first-order valence-corrected chi connectivity index (χ1v) is 6.27. The number of hydrogen-bond acceptors (Lipinski definition) is 1. The summed E-state index contributed by atoms with van der Waals surface area (Å²) in [6.45, 7) is 2.19. The van der Waals surface area contributed by atoms with Gasteiger partial charge in [0.25, 0.3) is 0 Å². The second-order valence-electron chi connectivity index (χ2n) is 2.74. The Hall–Kier alpha value is 0.470. The quantitative estimate of drug-likeness (QED) is 0.704. The molecule has 0 saturated carbocycles. The molecule has 0 bridgehead atoms. The van der Waals surface area contributed by atoms with Crippen LogP contribution in [0.4, 0.5) is 0 Å². The van der Waals surface area contributed by atoms with Gasteiger partial charge >= 0.3 is 0 Å². The summed E-state index contributed by atoms with van der Waals surface area (Å²) in [7, 11) is 0. The summed E-state index contributed by atoms with van der Waals surface area (Å²) < 4.78 is 0.